The first-order chi connectivity index (χ1) is 10.8. The first kappa shape index (κ1) is 11.6. The number of hydrogen-bond donors (Lipinski definition) is 0. The molecule has 0 saturated heterocycles. The molecule has 0 aliphatic heterocycles. The van der Waals surface area contributed by atoms with Crippen molar-refractivity contribution < 1.29 is 30.5 Å². The molecule has 2 aromatic rings. The first-order valence-electron chi connectivity index (χ1n) is 7.05. The highest BCUT2D eigenvalue weighted by molar-refractivity contribution is 5.61. The summed E-state index contributed by atoms with van der Waals surface area (Å²) in [4.78, 5) is 3.59. The maximum absolute atomic E-state index is 13.1. The van der Waals surface area contributed by atoms with Crippen LogP contribution in [-0.4, -0.2) is 4.98 Å². The van der Waals surface area contributed by atoms with E-state index in [0.717, 1.165) is 18.2 Å². The largest absolute Gasteiger partial charge is 0.416 e. The average Bonchev–Trinajstić information content (AvgIpc) is 2.44. The SMILES string of the molecule is [2H]C([2H])([2H])c1cnc(-c2cccc(C(F)(F)F)c2)cc1C(F)(F)F. The Kier molecular flexibility index (Phi) is 2.79. The molecule has 2 rings (SSSR count). The van der Waals surface area contributed by atoms with E-state index in [1.165, 1.54) is 0 Å². The van der Waals surface area contributed by atoms with E-state index in [1.807, 2.05) is 0 Å². The number of benzene rings is 1. The van der Waals surface area contributed by atoms with Crippen LogP contribution in [0.5, 0.6) is 0 Å². The molecular formula is C14H9F6N. The number of alkyl halides is 6. The molecule has 21 heavy (non-hydrogen) atoms. The number of aromatic nitrogens is 1. The van der Waals surface area contributed by atoms with E-state index >= 15 is 0 Å². The van der Waals surface area contributed by atoms with E-state index < -0.39 is 41.6 Å². The van der Waals surface area contributed by atoms with Gasteiger partial charge in [0.1, 0.15) is 0 Å². The molecule has 0 radical (unpaired) electrons. The fourth-order valence-corrected chi connectivity index (χ4v) is 1.70. The van der Waals surface area contributed by atoms with Crippen LogP contribution in [0.2, 0.25) is 0 Å². The molecule has 0 spiro atoms. The fourth-order valence-electron chi connectivity index (χ4n) is 1.70. The molecule has 1 aromatic carbocycles. The van der Waals surface area contributed by atoms with Crippen molar-refractivity contribution in [2.45, 2.75) is 19.2 Å². The van der Waals surface area contributed by atoms with Crippen LogP contribution in [-0.2, 0) is 12.4 Å². The van der Waals surface area contributed by atoms with Gasteiger partial charge in [-0.1, -0.05) is 12.1 Å². The summed E-state index contributed by atoms with van der Waals surface area (Å²) in [6.45, 7) is -3.05. The molecule has 0 unspecified atom stereocenters. The quantitative estimate of drug-likeness (QED) is 0.668. The van der Waals surface area contributed by atoms with Crippen LogP contribution in [0.4, 0.5) is 26.3 Å². The highest BCUT2D eigenvalue weighted by Gasteiger charge is 2.33. The van der Waals surface area contributed by atoms with Crippen LogP contribution in [0.3, 0.4) is 0 Å². The lowest BCUT2D eigenvalue weighted by atomic mass is 10.0. The maximum Gasteiger partial charge on any atom is 0.416 e. The van der Waals surface area contributed by atoms with Crippen molar-refractivity contribution in [3.8, 4) is 11.3 Å². The molecule has 112 valence electrons. The molecule has 0 fully saturated rings. The van der Waals surface area contributed by atoms with Crippen LogP contribution in [0.1, 0.15) is 20.8 Å². The van der Waals surface area contributed by atoms with E-state index in [1.54, 1.807) is 0 Å². The Labute approximate surface area is 120 Å². The van der Waals surface area contributed by atoms with Gasteiger partial charge in [-0.25, -0.2) is 0 Å². The zero-order valence-corrected chi connectivity index (χ0v) is 10.2. The molecule has 0 saturated carbocycles. The summed E-state index contributed by atoms with van der Waals surface area (Å²) in [7, 11) is 0. The van der Waals surface area contributed by atoms with Crippen molar-refractivity contribution in [1.82, 2.24) is 4.98 Å². The minimum absolute atomic E-state index is 0.201. The van der Waals surface area contributed by atoms with Crippen molar-refractivity contribution in [3.05, 3.63) is 53.2 Å². The van der Waals surface area contributed by atoms with Gasteiger partial charge in [-0.05, 0) is 30.6 Å². The monoisotopic (exact) mass is 308 g/mol. The van der Waals surface area contributed by atoms with E-state index in [-0.39, 0.29) is 5.56 Å². The average molecular weight is 308 g/mol. The summed E-state index contributed by atoms with van der Waals surface area (Å²) < 4.78 is 98.7. The molecule has 1 aromatic heterocycles. The summed E-state index contributed by atoms with van der Waals surface area (Å²) in [6, 6.07) is 4.05. The number of aryl methyl sites for hydroxylation is 1. The second-order valence-electron chi connectivity index (χ2n) is 4.19. The van der Waals surface area contributed by atoms with Crippen LogP contribution in [0, 0.1) is 6.85 Å². The third-order valence-corrected chi connectivity index (χ3v) is 2.70. The Balaban J connectivity index is 2.62. The third-order valence-electron chi connectivity index (χ3n) is 2.70. The Bertz CT molecular complexity index is 749. The van der Waals surface area contributed by atoms with Gasteiger partial charge < -0.3 is 0 Å². The summed E-state index contributed by atoms with van der Waals surface area (Å²) in [5, 5.41) is 0. The van der Waals surface area contributed by atoms with Gasteiger partial charge in [0.05, 0.1) is 16.8 Å². The molecule has 0 aliphatic carbocycles. The number of hydrogen-bond acceptors (Lipinski definition) is 1. The van der Waals surface area contributed by atoms with Crippen LogP contribution in [0.15, 0.2) is 36.5 Å². The summed E-state index contributed by atoms with van der Waals surface area (Å²) >= 11 is 0. The van der Waals surface area contributed by atoms with Crippen LogP contribution >= 0.6 is 0 Å². The van der Waals surface area contributed by atoms with Gasteiger partial charge in [0.25, 0.3) is 0 Å². The van der Waals surface area contributed by atoms with Gasteiger partial charge in [-0.2, -0.15) is 26.3 Å². The van der Waals surface area contributed by atoms with Gasteiger partial charge in [-0.3, -0.25) is 4.98 Å². The zero-order chi connectivity index (χ0) is 18.3. The lowest BCUT2D eigenvalue weighted by molar-refractivity contribution is -0.138. The van der Waals surface area contributed by atoms with E-state index in [4.69, 9.17) is 4.11 Å². The number of nitrogens with zero attached hydrogens (tertiary/aromatic N) is 1. The van der Waals surface area contributed by atoms with Crippen LogP contribution < -0.4 is 0 Å². The summed E-state index contributed by atoms with van der Waals surface area (Å²) in [5.41, 5.74) is -4.11. The molecule has 0 N–H and O–H groups in total. The van der Waals surface area contributed by atoms with E-state index in [0.29, 0.717) is 18.3 Å². The summed E-state index contributed by atoms with van der Waals surface area (Å²) in [5.74, 6) is 0. The van der Waals surface area contributed by atoms with Gasteiger partial charge in [0.15, 0.2) is 0 Å². The molecule has 0 aliphatic rings. The van der Waals surface area contributed by atoms with Gasteiger partial charge in [-0.15, -0.1) is 0 Å². The normalized spacial score (nSPS) is 15.2. The molecule has 1 heterocycles. The lowest BCUT2D eigenvalue weighted by Crippen LogP contribution is -2.08. The van der Waals surface area contributed by atoms with Crippen LogP contribution in [0.25, 0.3) is 11.3 Å². The highest BCUT2D eigenvalue weighted by atomic mass is 19.4. The molecule has 0 bridgehead atoms. The maximum atomic E-state index is 13.1. The Hall–Kier alpha value is -2.05. The molecule has 1 nitrogen and oxygen atoms in total. The van der Waals surface area contributed by atoms with Crippen molar-refractivity contribution in [2.24, 2.45) is 0 Å². The second kappa shape index (κ2) is 5.05. The number of halogens is 6. The third kappa shape index (κ3) is 3.34. The smallest absolute Gasteiger partial charge is 0.256 e. The Morgan fingerprint density at radius 3 is 2.29 bits per heavy atom. The Morgan fingerprint density at radius 2 is 1.71 bits per heavy atom. The van der Waals surface area contributed by atoms with E-state index in [2.05, 4.69) is 4.98 Å². The van der Waals surface area contributed by atoms with Crippen molar-refractivity contribution in [3.63, 3.8) is 0 Å². The molecule has 0 amide bonds. The summed E-state index contributed by atoms with van der Waals surface area (Å²) in [6.07, 6.45) is -9.13. The molecule has 0 atom stereocenters. The first-order valence-corrected chi connectivity index (χ1v) is 5.55. The highest BCUT2D eigenvalue weighted by Crippen LogP contribution is 2.35. The predicted molar refractivity (Wildman–Crippen MR) is 64.4 cm³/mol. The number of pyridine rings is 1. The number of rotatable bonds is 1. The van der Waals surface area contributed by atoms with Crippen molar-refractivity contribution >= 4 is 0 Å². The minimum Gasteiger partial charge on any atom is -0.256 e. The van der Waals surface area contributed by atoms with Crippen molar-refractivity contribution in [1.29, 1.82) is 0 Å². The molecular weight excluding hydrogens is 296 g/mol. The zero-order valence-electron chi connectivity index (χ0n) is 13.2. The topological polar surface area (TPSA) is 12.9 Å². The minimum atomic E-state index is -4.98. The fraction of sp³-hybridized carbons (Fsp3) is 0.214. The second-order valence-corrected chi connectivity index (χ2v) is 4.19. The van der Waals surface area contributed by atoms with Crippen molar-refractivity contribution in [2.75, 3.05) is 0 Å². The van der Waals surface area contributed by atoms with Gasteiger partial charge in [0.2, 0.25) is 0 Å². The van der Waals surface area contributed by atoms with Gasteiger partial charge >= 0.3 is 12.4 Å². The molecule has 7 heteroatoms. The lowest BCUT2D eigenvalue weighted by Gasteiger charge is -2.12. The standard InChI is InChI=1S/C14H9F6N/c1-8-7-21-12(6-11(8)14(18,19)20)9-3-2-4-10(5-9)13(15,16)17/h2-7H,1H3/i1D3. The predicted octanol–water partition coefficient (Wildman–Crippen LogP) is 5.09. The van der Waals surface area contributed by atoms with Gasteiger partial charge in [0, 0.05) is 15.9 Å². The Morgan fingerprint density at radius 1 is 1.00 bits per heavy atom. The van der Waals surface area contributed by atoms with E-state index in [9.17, 15) is 26.3 Å².